The Morgan fingerprint density at radius 3 is 2.74 bits per heavy atom. The van der Waals surface area contributed by atoms with Crippen LogP contribution in [0.5, 0.6) is 0 Å². The predicted molar refractivity (Wildman–Crippen MR) is 117 cm³/mol. The Labute approximate surface area is 185 Å². The van der Waals surface area contributed by atoms with Crippen molar-refractivity contribution in [3.8, 4) is 5.69 Å². The van der Waals surface area contributed by atoms with E-state index in [2.05, 4.69) is 29.6 Å². The number of amides is 1. The van der Waals surface area contributed by atoms with E-state index in [-0.39, 0.29) is 11.8 Å². The molecule has 1 aromatic carbocycles. The summed E-state index contributed by atoms with van der Waals surface area (Å²) < 4.78 is 2.15. The number of rotatable bonds is 3. The van der Waals surface area contributed by atoms with Crippen LogP contribution in [-0.4, -0.2) is 48.6 Å². The van der Waals surface area contributed by atoms with E-state index in [0.717, 1.165) is 54.6 Å². The highest BCUT2D eigenvalue weighted by Gasteiger charge is 2.31. The van der Waals surface area contributed by atoms with E-state index >= 15 is 0 Å². The molecule has 9 heteroatoms. The van der Waals surface area contributed by atoms with Gasteiger partial charge in [-0.25, -0.2) is 4.98 Å². The predicted octanol–water partition coefficient (Wildman–Crippen LogP) is 3.35. The van der Waals surface area contributed by atoms with Gasteiger partial charge >= 0.3 is 0 Å². The van der Waals surface area contributed by atoms with Gasteiger partial charge in [0.05, 0.1) is 18.4 Å². The zero-order valence-corrected chi connectivity index (χ0v) is 18.2. The number of fused-ring (bicyclic) bond motifs is 3. The molecule has 1 amide bonds. The molecule has 0 atom stereocenters. The third kappa shape index (κ3) is 3.76. The highest BCUT2D eigenvalue weighted by atomic mass is 35.5. The van der Waals surface area contributed by atoms with Crippen LogP contribution in [0.2, 0.25) is 5.02 Å². The summed E-state index contributed by atoms with van der Waals surface area (Å²) in [4.78, 5) is 25.2. The summed E-state index contributed by atoms with van der Waals surface area (Å²) in [5.41, 5.74) is 2.04. The second-order valence-corrected chi connectivity index (χ2v) is 8.45. The minimum absolute atomic E-state index is 0.0983. The summed E-state index contributed by atoms with van der Waals surface area (Å²) in [6.07, 6.45) is 7.59. The molecular formula is C22H24ClN7O. The Morgan fingerprint density at radius 2 is 2.00 bits per heavy atom. The molecule has 0 saturated carbocycles. The van der Waals surface area contributed by atoms with Crippen molar-refractivity contribution >= 4 is 23.3 Å². The number of benzene rings is 1. The molecule has 1 saturated heterocycles. The normalized spacial score (nSPS) is 16.6. The van der Waals surface area contributed by atoms with Crippen molar-refractivity contribution in [2.24, 2.45) is 0 Å². The van der Waals surface area contributed by atoms with E-state index in [1.807, 2.05) is 36.2 Å². The fourth-order valence-electron chi connectivity index (χ4n) is 4.51. The van der Waals surface area contributed by atoms with Crippen molar-refractivity contribution in [2.45, 2.75) is 45.2 Å². The summed E-state index contributed by atoms with van der Waals surface area (Å²) in [5, 5.41) is 9.77. The molecule has 2 aromatic heterocycles. The largest absolute Gasteiger partial charge is 0.355 e. The number of carbonyl (C=O) groups excluding carboxylic acids is 1. The van der Waals surface area contributed by atoms with Crippen LogP contribution >= 0.6 is 11.6 Å². The van der Waals surface area contributed by atoms with E-state index in [4.69, 9.17) is 11.6 Å². The van der Waals surface area contributed by atoms with Crippen molar-refractivity contribution in [1.29, 1.82) is 0 Å². The van der Waals surface area contributed by atoms with Gasteiger partial charge in [0.1, 0.15) is 11.6 Å². The third-order valence-corrected chi connectivity index (χ3v) is 6.35. The Hall–Kier alpha value is -3.00. The van der Waals surface area contributed by atoms with Gasteiger partial charge in [0.2, 0.25) is 5.91 Å². The lowest BCUT2D eigenvalue weighted by Crippen LogP contribution is -2.34. The monoisotopic (exact) mass is 437 g/mol. The molecule has 160 valence electrons. The first-order chi connectivity index (χ1) is 15.1. The maximum absolute atomic E-state index is 12.5. The molecule has 5 rings (SSSR count). The topological polar surface area (TPSA) is 80.0 Å². The molecule has 4 heterocycles. The molecular weight excluding hydrogens is 414 g/mol. The Bertz CT molecular complexity index is 1090. The Balaban J connectivity index is 1.47. The quantitative estimate of drug-likeness (QED) is 0.625. The van der Waals surface area contributed by atoms with Gasteiger partial charge < -0.3 is 9.80 Å². The van der Waals surface area contributed by atoms with Crippen molar-refractivity contribution in [1.82, 2.24) is 29.6 Å². The molecule has 2 aliphatic heterocycles. The molecule has 2 aliphatic rings. The minimum Gasteiger partial charge on any atom is -0.355 e. The molecule has 3 aromatic rings. The van der Waals surface area contributed by atoms with Gasteiger partial charge in [0, 0.05) is 49.4 Å². The van der Waals surface area contributed by atoms with Gasteiger partial charge in [0.25, 0.3) is 0 Å². The van der Waals surface area contributed by atoms with Gasteiger partial charge in [-0.1, -0.05) is 18.5 Å². The molecule has 0 unspecified atom stereocenters. The van der Waals surface area contributed by atoms with Gasteiger partial charge in [0.15, 0.2) is 5.82 Å². The van der Waals surface area contributed by atoms with E-state index in [1.54, 1.807) is 12.4 Å². The third-order valence-electron chi connectivity index (χ3n) is 6.12. The summed E-state index contributed by atoms with van der Waals surface area (Å²) in [5.74, 6) is 3.06. The first-order valence-electron chi connectivity index (χ1n) is 10.7. The second kappa shape index (κ2) is 8.26. The SMILES string of the molecule is CCC(=O)N1Cc2cc(Cl)ccc2-n2c(nnc2C2CCN(c3cnccn3)CC2)C1. The maximum atomic E-state index is 12.5. The zero-order chi connectivity index (χ0) is 21.4. The summed E-state index contributed by atoms with van der Waals surface area (Å²) >= 11 is 6.29. The standard InChI is InChI=1S/C22H24ClN7O/c1-2-21(31)29-13-16-11-17(23)3-4-18(16)30-20(14-29)26-27-22(30)15-5-9-28(10-6-15)19-12-24-7-8-25-19/h3-4,7-8,11-12,15H,2,5-6,9-10,13-14H2,1H3. The number of anilines is 1. The minimum atomic E-state index is 0.0983. The number of halogens is 1. The first kappa shape index (κ1) is 19.9. The van der Waals surface area contributed by atoms with Crippen LogP contribution < -0.4 is 4.90 Å². The summed E-state index contributed by atoms with van der Waals surface area (Å²) in [7, 11) is 0. The van der Waals surface area contributed by atoms with Crippen molar-refractivity contribution < 1.29 is 4.79 Å². The van der Waals surface area contributed by atoms with Crippen LogP contribution in [0.15, 0.2) is 36.8 Å². The highest BCUT2D eigenvalue weighted by molar-refractivity contribution is 6.30. The average molecular weight is 438 g/mol. The first-order valence-corrected chi connectivity index (χ1v) is 11.0. The van der Waals surface area contributed by atoms with Crippen LogP contribution in [0.25, 0.3) is 5.69 Å². The molecule has 8 nitrogen and oxygen atoms in total. The van der Waals surface area contributed by atoms with Gasteiger partial charge in [-0.2, -0.15) is 0 Å². The van der Waals surface area contributed by atoms with Gasteiger partial charge in [-0.15, -0.1) is 10.2 Å². The lowest BCUT2D eigenvalue weighted by molar-refractivity contribution is -0.132. The highest BCUT2D eigenvalue weighted by Crippen LogP contribution is 2.34. The number of nitrogens with zero attached hydrogens (tertiary/aromatic N) is 7. The fourth-order valence-corrected chi connectivity index (χ4v) is 4.71. The molecule has 0 aliphatic carbocycles. The van der Waals surface area contributed by atoms with Crippen molar-refractivity contribution in [2.75, 3.05) is 18.0 Å². The van der Waals surface area contributed by atoms with Crippen LogP contribution in [0.1, 0.15) is 49.3 Å². The number of carbonyl (C=O) groups is 1. The van der Waals surface area contributed by atoms with E-state index in [0.29, 0.717) is 24.5 Å². The van der Waals surface area contributed by atoms with Gasteiger partial charge in [-0.3, -0.25) is 14.3 Å². The number of piperidine rings is 1. The molecule has 0 radical (unpaired) electrons. The van der Waals surface area contributed by atoms with E-state index in [1.165, 1.54) is 0 Å². The molecule has 0 bridgehead atoms. The number of hydrogen-bond donors (Lipinski definition) is 0. The van der Waals surface area contributed by atoms with Crippen LogP contribution in [-0.2, 0) is 17.9 Å². The summed E-state index contributed by atoms with van der Waals surface area (Å²) in [6, 6.07) is 5.85. The van der Waals surface area contributed by atoms with E-state index in [9.17, 15) is 4.79 Å². The lowest BCUT2D eigenvalue weighted by atomic mass is 9.95. The van der Waals surface area contributed by atoms with Gasteiger partial charge in [-0.05, 0) is 36.6 Å². The Morgan fingerprint density at radius 1 is 1.16 bits per heavy atom. The van der Waals surface area contributed by atoms with Crippen LogP contribution in [0.4, 0.5) is 5.82 Å². The van der Waals surface area contributed by atoms with Crippen LogP contribution in [0.3, 0.4) is 0 Å². The smallest absolute Gasteiger partial charge is 0.222 e. The molecule has 31 heavy (non-hydrogen) atoms. The van der Waals surface area contributed by atoms with Crippen molar-refractivity contribution in [3.63, 3.8) is 0 Å². The maximum Gasteiger partial charge on any atom is 0.222 e. The number of hydrogen-bond acceptors (Lipinski definition) is 6. The van der Waals surface area contributed by atoms with E-state index < -0.39 is 0 Å². The summed E-state index contributed by atoms with van der Waals surface area (Å²) in [6.45, 7) is 4.63. The molecule has 0 spiro atoms. The lowest BCUT2D eigenvalue weighted by Gasteiger charge is -2.32. The average Bonchev–Trinajstić information content (AvgIpc) is 3.15. The van der Waals surface area contributed by atoms with Crippen LogP contribution in [0, 0.1) is 0 Å². The second-order valence-electron chi connectivity index (χ2n) is 8.01. The number of aromatic nitrogens is 5. The zero-order valence-electron chi connectivity index (χ0n) is 17.4. The van der Waals surface area contributed by atoms with Crippen molar-refractivity contribution in [3.05, 3.63) is 59.0 Å². The fraction of sp³-hybridized carbons (Fsp3) is 0.409. The Kier molecular flexibility index (Phi) is 5.31. The molecule has 1 fully saturated rings. The molecule has 0 N–H and O–H groups in total.